The first-order valence-corrected chi connectivity index (χ1v) is 6.75. The zero-order chi connectivity index (χ0) is 15.5. The molecule has 0 heterocycles. The minimum atomic E-state index is -0.675. The molecule has 4 nitrogen and oxygen atoms in total. The van der Waals surface area contributed by atoms with Crippen molar-refractivity contribution >= 4 is 25.9 Å². The number of ketones is 2. The maximum atomic E-state index is 10.2. The number of unbranched alkanes of at least 4 members (excludes halogenated alkanes) is 2. The first-order valence-electron chi connectivity index (χ1n) is 6.75. The summed E-state index contributed by atoms with van der Waals surface area (Å²) in [5.74, 6) is -0.800. The molecule has 6 heteroatoms. The van der Waals surface area contributed by atoms with Crippen molar-refractivity contribution in [2.45, 2.75) is 73.1 Å². The summed E-state index contributed by atoms with van der Waals surface area (Å²) in [6.07, 6.45) is 4.61. The van der Waals surface area contributed by atoms with Gasteiger partial charge in [0.2, 0.25) is 0 Å². The van der Waals surface area contributed by atoms with Crippen LogP contribution in [0.3, 0.4) is 0 Å². The van der Waals surface area contributed by atoms with Gasteiger partial charge in [0.1, 0.15) is 11.6 Å². The molecule has 0 rings (SSSR count). The first kappa shape index (κ1) is 28.7. The number of rotatable bonds is 7. The minimum Gasteiger partial charge on any atom is -0.481 e. The molecule has 124 valence electrons. The maximum Gasteiger partial charge on any atom is 0.303 e. The first-order chi connectivity index (χ1) is 8.54. The molecule has 0 aliphatic heterocycles. The van der Waals surface area contributed by atoms with E-state index in [1.807, 2.05) is 0 Å². The minimum absolute atomic E-state index is 0. The smallest absolute Gasteiger partial charge is 0.303 e. The molecule has 0 saturated carbocycles. The van der Waals surface area contributed by atoms with Crippen LogP contribution in [-0.2, 0) is 35.4 Å². The third-order valence-electron chi connectivity index (χ3n) is 2.32. The molecule has 0 aliphatic rings. The van der Waals surface area contributed by atoms with Gasteiger partial charge in [-0.3, -0.25) is 14.4 Å². The zero-order valence-corrected chi connectivity index (χ0v) is 15.3. The summed E-state index contributed by atoms with van der Waals surface area (Å²) in [5, 5.41) is 8.37. The second-order valence-corrected chi connectivity index (χ2v) is 6.10. The van der Waals surface area contributed by atoms with Gasteiger partial charge < -0.3 is 5.11 Å². The number of Topliss-reactive ketones (excluding diaryl/α,β-unsaturated/α-hetero) is 2. The molecule has 0 atom stereocenters. The molecule has 0 bridgehead atoms. The third-order valence-corrected chi connectivity index (χ3v) is 2.32. The summed E-state index contributed by atoms with van der Waals surface area (Å²) in [5.41, 5.74) is 0.392. The van der Waals surface area contributed by atoms with E-state index in [-0.39, 0.29) is 47.5 Å². The molecule has 0 aromatic heterocycles. The summed E-state index contributed by atoms with van der Waals surface area (Å²) in [6.45, 7) is 9.45. The van der Waals surface area contributed by atoms with Gasteiger partial charge >= 0.3 is 5.97 Å². The Hall–Kier alpha value is -0.437. The van der Waals surface area contributed by atoms with E-state index in [9.17, 15) is 14.4 Å². The number of carboxylic acid groups (broad SMARTS) is 1. The Morgan fingerprint density at radius 3 is 1.57 bits per heavy atom. The summed E-state index contributed by atoms with van der Waals surface area (Å²) < 4.78 is 0. The fraction of sp³-hybridized carbons (Fsp3) is 0.800. The van der Waals surface area contributed by atoms with E-state index in [1.165, 1.54) is 20.3 Å². The van der Waals surface area contributed by atoms with Crippen LogP contribution in [0.2, 0.25) is 0 Å². The van der Waals surface area contributed by atoms with Crippen LogP contribution in [0.5, 0.6) is 0 Å². The maximum absolute atomic E-state index is 10.2. The Bertz CT molecular complexity index is 287. The van der Waals surface area contributed by atoms with Gasteiger partial charge in [0.15, 0.2) is 0 Å². The number of hydrogen-bond donors (Lipinski definition) is 1. The summed E-state index contributed by atoms with van der Waals surface area (Å²) in [4.78, 5) is 30.2. The normalized spacial score (nSPS) is 9.38. The Morgan fingerprint density at radius 2 is 1.33 bits per heavy atom. The van der Waals surface area contributed by atoms with Crippen LogP contribution in [0.25, 0.3) is 0 Å². The standard InChI is InChI=1S/C10H20O2.C5H8O2.BH3.Mo/c1-10(2,3)8-6-4-5-7-9(11)12;1-4(6)3-5(2)7;;/h4-8H2,1-3H3,(H,11,12);3H2,1-2H3;1H3;. The second kappa shape index (κ2) is 15.9. The molecule has 0 aliphatic carbocycles. The van der Waals surface area contributed by atoms with Crippen LogP contribution in [0.4, 0.5) is 0 Å². The monoisotopic (exact) mass is 384 g/mol. The predicted octanol–water partition coefficient (Wildman–Crippen LogP) is 2.44. The molecule has 21 heavy (non-hydrogen) atoms. The van der Waals surface area contributed by atoms with Gasteiger partial charge in [-0.1, -0.05) is 33.6 Å². The second-order valence-electron chi connectivity index (χ2n) is 6.10. The molecule has 1 N–H and O–H groups in total. The quantitative estimate of drug-likeness (QED) is 0.417. The van der Waals surface area contributed by atoms with E-state index in [2.05, 4.69) is 20.8 Å². The van der Waals surface area contributed by atoms with Crippen molar-refractivity contribution in [1.82, 2.24) is 0 Å². The molecule has 0 aromatic carbocycles. The van der Waals surface area contributed by atoms with Crippen molar-refractivity contribution in [1.29, 1.82) is 0 Å². The van der Waals surface area contributed by atoms with Crippen LogP contribution in [0.15, 0.2) is 0 Å². The topological polar surface area (TPSA) is 71.4 Å². The van der Waals surface area contributed by atoms with Crippen molar-refractivity contribution in [2.24, 2.45) is 5.41 Å². The van der Waals surface area contributed by atoms with Crippen LogP contribution >= 0.6 is 0 Å². The SMILES string of the molecule is B.CC(=O)CC(C)=O.CC(C)(C)CCCCCC(=O)O.[Mo]. The molecule has 0 radical (unpaired) electrons. The van der Waals surface area contributed by atoms with E-state index < -0.39 is 5.97 Å². The summed E-state index contributed by atoms with van der Waals surface area (Å²) in [7, 11) is 0. The van der Waals surface area contributed by atoms with Crippen LogP contribution in [0, 0.1) is 5.41 Å². The largest absolute Gasteiger partial charge is 0.481 e. The Morgan fingerprint density at radius 1 is 0.905 bits per heavy atom. The Balaban J connectivity index is -0.000000140. The molecular formula is C15H31BMoO4. The van der Waals surface area contributed by atoms with Gasteiger partial charge in [0, 0.05) is 27.5 Å². The average Bonchev–Trinajstić information content (AvgIpc) is 2.13. The number of aliphatic carboxylic acids is 1. The van der Waals surface area contributed by atoms with Crippen molar-refractivity contribution in [3.63, 3.8) is 0 Å². The van der Waals surface area contributed by atoms with Crippen molar-refractivity contribution in [3.05, 3.63) is 0 Å². The molecular weight excluding hydrogens is 351 g/mol. The van der Waals surface area contributed by atoms with Crippen molar-refractivity contribution in [3.8, 4) is 0 Å². The van der Waals surface area contributed by atoms with Gasteiger partial charge in [0.05, 0.1) is 14.8 Å². The van der Waals surface area contributed by atoms with Gasteiger partial charge in [-0.15, -0.1) is 0 Å². The van der Waals surface area contributed by atoms with E-state index in [0.29, 0.717) is 11.8 Å². The Labute approximate surface area is 145 Å². The van der Waals surface area contributed by atoms with Crippen molar-refractivity contribution in [2.75, 3.05) is 0 Å². The molecule has 0 unspecified atom stereocenters. The molecule has 0 spiro atoms. The zero-order valence-electron chi connectivity index (χ0n) is 13.3. The van der Waals surface area contributed by atoms with Gasteiger partial charge in [-0.2, -0.15) is 0 Å². The fourth-order valence-electron chi connectivity index (χ4n) is 1.46. The van der Waals surface area contributed by atoms with Crippen LogP contribution in [-0.4, -0.2) is 31.1 Å². The van der Waals surface area contributed by atoms with Gasteiger partial charge in [-0.25, -0.2) is 0 Å². The summed E-state index contributed by atoms with van der Waals surface area (Å²) in [6, 6.07) is 0. The molecule has 0 saturated heterocycles. The molecule has 0 aromatic rings. The number of carbonyl (C=O) groups is 3. The predicted molar refractivity (Wildman–Crippen MR) is 86.1 cm³/mol. The number of carbonyl (C=O) groups excluding carboxylic acids is 2. The molecule has 0 fully saturated rings. The van der Waals surface area contributed by atoms with Gasteiger partial charge in [0.25, 0.3) is 0 Å². The van der Waals surface area contributed by atoms with E-state index in [0.717, 1.165) is 19.3 Å². The number of hydrogen-bond acceptors (Lipinski definition) is 3. The van der Waals surface area contributed by atoms with Crippen molar-refractivity contribution < 1.29 is 40.6 Å². The van der Waals surface area contributed by atoms with E-state index in [1.54, 1.807) is 0 Å². The summed E-state index contributed by atoms with van der Waals surface area (Å²) >= 11 is 0. The van der Waals surface area contributed by atoms with Crippen LogP contribution in [0.1, 0.15) is 73.1 Å². The average molecular weight is 382 g/mol. The van der Waals surface area contributed by atoms with E-state index in [4.69, 9.17) is 5.11 Å². The fourth-order valence-corrected chi connectivity index (χ4v) is 1.46. The van der Waals surface area contributed by atoms with E-state index >= 15 is 0 Å². The molecule has 0 amide bonds. The Kier molecular flexibility index (Phi) is 21.8. The van der Waals surface area contributed by atoms with Crippen LogP contribution < -0.4 is 0 Å². The third kappa shape index (κ3) is 38.2. The van der Waals surface area contributed by atoms with Gasteiger partial charge in [-0.05, 0) is 32.1 Å². The number of carboxylic acids is 1.